The molecular weight excluding hydrogens is 348 g/mol. The molecule has 0 spiro atoms. The van der Waals surface area contributed by atoms with Crippen LogP contribution in [0.25, 0.3) is 0 Å². The predicted octanol–water partition coefficient (Wildman–Crippen LogP) is 0.703. The van der Waals surface area contributed by atoms with Gasteiger partial charge in [0.05, 0.1) is 16.4 Å². The topological polar surface area (TPSA) is 92.3 Å². The minimum Gasteiger partial charge on any atom is -0.312 e. The normalized spacial score (nSPS) is 21.1. The van der Waals surface area contributed by atoms with Crippen molar-refractivity contribution in [1.82, 2.24) is 10.0 Å². The number of hydrogen-bond donors (Lipinski definition) is 2. The SMILES string of the molecule is Cc1ccc(Cl)cc1S(=O)(=O)NCCN[C@H]1CCS(=O)(=O)C1. The fourth-order valence-electron chi connectivity index (χ4n) is 2.36. The van der Waals surface area contributed by atoms with E-state index in [-0.39, 0.29) is 29.0 Å². The van der Waals surface area contributed by atoms with Gasteiger partial charge in [0, 0.05) is 24.2 Å². The van der Waals surface area contributed by atoms with Crippen LogP contribution in [0.1, 0.15) is 12.0 Å². The first-order chi connectivity index (χ1) is 10.2. The Balaban J connectivity index is 1.87. The van der Waals surface area contributed by atoms with Crippen molar-refractivity contribution in [2.24, 2.45) is 0 Å². The van der Waals surface area contributed by atoms with Gasteiger partial charge in [-0.25, -0.2) is 21.6 Å². The number of rotatable bonds is 6. The molecule has 0 amide bonds. The molecule has 1 aliphatic heterocycles. The predicted molar refractivity (Wildman–Crippen MR) is 86.4 cm³/mol. The largest absolute Gasteiger partial charge is 0.312 e. The fraction of sp³-hybridized carbons (Fsp3) is 0.538. The smallest absolute Gasteiger partial charge is 0.240 e. The lowest BCUT2D eigenvalue weighted by atomic mass is 10.2. The number of sulfone groups is 1. The molecule has 1 aromatic carbocycles. The molecule has 2 rings (SSSR count). The van der Waals surface area contributed by atoms with Crippen LogP contribution in [0.3, 0.4) is 0 Å². The van der Waals surface area contributed by atoms with E-state index in [4.69, 9.17) is 11.6 Å². The molecule has 0 aromatic heterocycles. The molecule has 1 atom stereocenters. The maximum Gasteiger partial charge on any atom is 0.240 e. The van der Waals surface area contributed by atoms with E-state index < -0.39 is 19.9 Å². The second-order valence-corrected chi connectivity index (χ2v) is 9.76. The average molecular weight is 367 g/mol. The monoisotopic (exact) mass is 366 g/mol. The summed E-state index contributed by atoms with van der Waals surface area (Å²) >= 11 is 5.84. The summed E-state index contributed by atoms with van der Waals surface area (Å²) in [6.07, 6.45) is 0.572. The van der Waals surface area contributed by atoms with E-state index in [1.807, 2.05) is 0 Å². The summed E-state index contributed by atoms with van der Waals surface area (Å²) in [6.45, 7) is 2.26. The fourth-order valence-corrected chi connectivity index (χ4v) is 5.60. The summed E-state index contributed by atoms with van der Waals surface area (Å²) in [6, 6.07) is 4.61. The molecule has 1 aliphatic rings. The van der Waals surface area contributed by atoms with E-state index in [9.17, 15) is 16.8 Å². The summed E-state index contributed by atoms with van der Waals surface area (Å²) in [5, 5.41) is 3.42. The number of halogens is 1. The lowest BCUT2D eigenvalue weighted by Crippen LogP contribution is -2.37. The first-order valence-electron chi connectivity index (χ1n) is 6.89. The van der Waals surface area contributed by atoms with Gasteiger partial charge in [0.2, 0.25) is 10.0 Å². The van der Waals surface area contributed by atoms with Gasteiger partial charge < -0.3 is 5.32 Å². The van der Waals surface area contributed by atoms with Crippen LogP contribution in [-0.4, -0.2) is 47.5 Å². The third-order valence-corrected chi connectivity index (χ3v) is 7.13. The van der Waals surface area contributed by atoms with Gasteiger partial charge in [-0.3, -0.25) is 0 Å². The van der Waals surface area contributed by atoms with E-state index in [1.165, 1.54) is 6.07 Å². The number of nitrogens with one attached hydrogen (secondary N) is 2. The second-order valence-electron chi connectivity index (χ2n) is 5.36. The molecule has 0 radical (unpaired) electrons. The van der Waals surface area contributed by atoms with E-state index in [0.29, 0.717) is 23.6 Å². The molecule has 0 saturated carbocycles. The molecular formula is C13H19ClN2O4S2. The number of hydrogen-bond acceptors (Lipinski definition) is 5. The third kappa shape index (κ3) is 4.66. The molecule has 1 fully saturated rings. The Hall–Kier alpha value is -0.670. The standard InChI is InChI=1S/C13H19ClN2O4S2/c1-10-2-3-11(14)8-13(10)22(19,20)16-6-5-15-12-4-7-21(17,18)9-12/h2-3,8,12,15-16H,4-7,9H2,1H3/t12-/m0/s1. The second kappa shape index (κ2) is 6.84. The molecule has 0 unspecified atom stereocenters. The number of benzene rings is 1. The molecule has 9 heteroatoms. The summed E-state index contributed by atoms with van der Waals surface area (Å²) in [7, 11) is -6.55. The van der Waals surface area contributed by atoms with Gasteiger partial charge in [-0.15, -0.1) is 0 Å². The summed E-state index contributed by atoms with van der Waals surface area (Å²) < 4.78 is 49.6. The minimum atomic E-state index is -3.62. The van der Waals surface area contributed by atoms with Crippen LogP contribution in [-0.2, 0) is 19.9 Å². The highest BCUT2D eigenvalue weighted by Gasteiger charge is 2.27. The van der Waals surface area contributed by atoms with Gasteiger partial charge in [-0.05, 0) is 31.0 Å². The Kier molecular flexibility index (Phi) is 5.50. The Morgan fingerprint density at radius 1 is 1.32 bits per heavy atom. The van der Waals surface area contributed by atoms with Gasteiger partial charge >= 0.3 is 0 Å². The number of aryl methyl sites for hydroxylation is 1. The Morgan fingerprint density at radius 3 is 2.68 bits per heavy atom. The average Bonchev–Trinajstić information content (AvgIpc) is 2.77. The van der Waals surface area contributed by atoms with E-state index >= 15 is 0 Å². The zero-order valence-corrected chi connectivity index (χ0v) is 14.6. The van der Waals surface area contributed by atoms with Crippen molar-refractivity contribution in [1.29, 1.82) is 0 Å². The maximum atomic E-state index is 12.2. The first kappa shape index (κ1) is 17.7. The lowest BCUT2D eigenvalue weighted by Gasteiger charge is -2.12. The van der Waals surface area contributed by atoms with E-state index in [2.05, 4.69) is 10.0 Å². The van der Waals surface area contributed by atoms with Crippen LogP contribution >= 0.6 is 11.6 Å². The van der Waals surface area contributed by atoms with Crippen molar-refractivity contribution in [3.05, 3.63) is 28.8 Å². The lowest BCUT2D eigenvalue weighted by molar-refractivity contribution is 0.542. The van der Waals surface area contributed by atoms with Gasteiger partial charge in [0.25, 0.3) is 0 Å². The molecule has 0 aliphatic carbocycles. The highest BCUT2D eigenvalue weighted by atomic mass is 35.5. The van der Waals surface area contributed by atoms with Gasteiger partial charge in [-0.2, -0.15) is 0 Å². The van der Waals surface area contributed by atoms with Gasteiger partial charge in [-0.1, -0.05) is 17.7 Å². The van der Waals surface area contributed by atoms with Crippen molar-refractivity contribution in [3.8, 4) is 0 Å². The zero-order valence-electron chi connectivity index (χ0n) is 12.2. The van der Waals surface area contributed by atoms with Crippen molar-refractivity contribution >= 4 is 31.5 Å². The third-order valence-electron chi connectivity index (χ3n) is 3.52. The quantitative estimate of drug-likeness (QED) is 0.723. The number of sulfonamides is 1. The van der Waals surface area contributed by atoms with Crippen LogP contribution in [0.2, 0.25) is 5.02 Å². The van der Waals surface area contributed by atoms with Crippen LogP contribution in [0, 0.1) is 6.92 Å². The molecule has 0 bridgehead atoms. The summed E-state index contributed by atoms with van der Waals surface area (Å²) in [4.78, 5) is 0.156. The van der Waals surface area contributed by atoms with Crippen LogP contribution in [0.4, 0.5) is 0 Å². The van der Waals surface area contributed by atoms with Gasteiger partial charge in [0.15, 0.2) is 9.84 Å². The van der Waals surface area contributed by atoms with Crippen LogP contribution in [0.15, 0.2) is 23.1 Å². The molecule has 6 nitrogen and oxygen atoms in total. The minimum absolute atomic E-state index is 0.0950. The van der Waals surface area contributed by atoms with Crippen molar-refractivity contribution in [2.45, 2.75) is 24.3 Å². The Labute approximate surface area is 136 Å². The highest BCUT2D eigenvalue weighted by Crippen LogP contribution is 2.19. The van der Waals surface area contributed by atoms with E-state index in [0.717, 1.165) is 0 Å². The molecule has 124 valence electrons. The molecule has 2 N–H and O–H groups in total. The zero-order chi connectivity index (χ0) is 16.4. The molecule has 1 saturated heterocycles. The van der Waals surface area contributed by atoms with Crippen molar-refractivity contribution in [3.63, 3.8) is 0 Å². The summed E-state index contributed by atoms with van der Waals surface area (Å²) in [5.41, 5.74) is 0.617. The Morgan fingerprint density at radius 2 is 2.05 bits per heavy atom. The van der Waals surface area contributed by atoms with Crippen LogP contribution in [0.5, 0.6) is 0 Å². The molecule has 22 heavy (non-hydrogen) atoms. The molecule has 1 aromatic rings. The van der Waals surface area contributed by atoms with E-state index in [1.54, 1.807) is 19.1 Å². The first-order valence-corrected chi connectivity index (χ1v) is 10.6. The van der Waals surface area contributed by atoms with Crippen molar-refractivity contribution in [2.75, 3.05) is 24.6 Å². The Bertz CT molecular complexity index is 747. The summed E-state index contributed by atoms with van der Waals surface area (Å²) in [5.74, 6) is 0.311. The van der Waals surface area contributed by atoms with Crippen LogP contribution < -0.4 is 10.0 Å². The van der Waals surface area contributed by atoms with Crippen molar-refractivity contribution < 1.29 is 16.8 Å². The maximum absolute atomic E-state index is 12.2. The highest BCUT2D eigenvalue weighted by molar-refractivity contribution is 7.91. The molecule has 1 heterocycles. The van der Waals surface area contributed by atoms with Gasteiger partial charge in [0.1, 0.15) is 0 Å².